The average Bonchev–Trinajstić information content (AvgIpc) is 2.29. The number of carbonyl (C=O) groups is 1. The van der Waals surface area contributed by atoms with Crippen LogP contribution in [0.3, 0.4) is 0 Å². The summed E-state index contributed by atoms with van der Waals surface area (Å²) in [6.45, 7) is 3.70. The predicted octanol–water partition coefficient (Wildman–Crippen LogP) is 2.81. The number of hydrogen-bond acceptors (Lipinski definition) is 5. The van der Waals surface area contributed by atoms with E-state index in [0.717, 1.165) is 0 Å². The first-order chi connectivity index (χ1) is 8.07. The van der Waals surface area contributed by atoms with Crippen LogP contribution in [0.5, 0.6) is 5.75 Å². The SMILES string of the molecule is CCOC(C)P1(=O)OC(=O)c2ccccc2O1. The lowest BCUT2D eigenvalue weighted by molar-refractivity contribution is 0.0605. The number of carbonyl (C=O) groups excluding carboxylic acids is 1. The van der Waals surface area contributed by atoms with Gasteiger partial charge in [0.05, 0.1) is 0 Å². The lowest BCUT2D eigenvalue weighted by atomic mass is 10.2. The molecule has 5 nitrogen and oxygen atoms in total. The molecule has 1 aromatic carbocycles. The van der Waals surface area contributed by atoms with E-state index in [-0.39, 0.29) is 11.3 Å². The largest absolute Gasteiger partial charge is 0.461 e. The molecule has 0 saturated heterocycles. The molecule has 0 fully saturated rings. The van der Waals surface area contributed by atoms with Crippen molar-refractivity contribution in [2.75, 3.05) is 6.61 Å². The summed E-state index contributed by atoms with van der Waals surface area (Å²) in [7, 11) is -3.58. The Morgan fingerprint density at radius 1 is 1.35 bits per heavy atom. The summed E-state index contributed by atoms with van der Waals surface area (Å²) in [5, 5.41) is 0. The van der Waals surface area contributed by atoms with Crippen LogP contribution in [0.1, 0.15) is 24.2 Å². The molecule has 1 heterocycles. The van der Waals surface area contributed by atoms with Crippen molar-refractivity contribution in [3.8, 4) is 5.75 Å². The van der Waals surface area contributed by atoms with Crippen molar-refractivity contribution < 1.29 is 23.1 Å². The van der Waals surface area contributed by atoms with Crippen molar-refractivity contribution in [3.63, 3.8) is 0 Å². The normalized spacial score (nSPS) is 24.5. The second-order valence-electron chi connectivity index (χ2n) is 3.56. The van der Waals surface area contributed by atoms with Crippen molar-refractivity contribution in [3.05, 3.63) is 29.8 Å². The van der Waals surface area contributed by atoms with Gasteiger partial charge in [-0.2, -0.15) is 0 Å². The van der Waals surface area contributed by atoms with E-state index in [1.807, 2.05) is 0 Å². The van der Waals surface area contributed by atoms with Crippen LogP contribution in [0.15, 0.2) is 24.3 Å². The minimum atomic E-state index is -3.58. The van der Waals surface area contributed by atoms with Gasteiger partial charge in [-0.05, 0) is 26.0 Å². The third-order valence-corrected chi connectivity index (χ3v) is 4.31. The standard InChI is InChI=1S/C11H13O5P/c1-3-14-8(2)17(13)15-10-7-5-4-6-9(10)11(12)16-17/h4-8H,3H2,1-2H3. The Kier molecular flexibility index (Phi) is 3.22. The van der Waals surface area contributed by atoms with Crippen LogP contribution < -0.4 is 4.52 Å². The average molecular weight is 256 g/mol. The molecule has 0 bridgehead atoms. The molecule has 0 radical (unpaired) electrons. The fourth-order valence-corrected chi connectivity index (χ4v) is 2.94. The van der Waals surface area contributed by atoms with Gasteiger partial charge < -0.3 is 13.8 Å². The summed E-state index contributed by atoms with van der Waals surface area (Å²) < 4.78 is 27.7. The van der Waals surface area contributed by atoms with E-state index in [1.54, 1.807) is 38.1 Å². The summed E-state index contributed by atoms with van der Waals surface area (Å²) in [5.74, 6) is -1.13. The van der Waals surface area contributed by atoms with Crippen LogP contribution in [0.4, 0.5) is 0 Å². The molecule has 0 amide bonds. The predicted molar refractivity (Wildman–Crippen MR) is 61.2 cm³/mol. The second-order valence-corrected chi connectivity index (χ2v) is 5.73. The smallest absolute Gasteiger partial charge is 0.413 e. The van der Waals surface area contributed by atoms with E-state index in [1.165, 1.54) is 0 Å². The molecule has 92 valence electrons. The van der Waals surface area contributed by atoms with E-state index < -0.39 is 19.4 Å². The number of rotatable bonds is 3. The molecule has 0 aliphatic carbocycles. The van der Waals surface area contributed by atoms with Crippen LogP contribution >= 0.6 is 7.60 Å². The molecule has 2 atom stereocenters. The molecule has 2 rings (SSSR count). The fourth-order valence-electron chi connectivity index (χ4n) is 1.52. The molecule has 2 unspecified atom stereocenters. The van der Waals surface area contributed by atoms with E-state index >= 15 is 0 Å². The van der Waals surface area contributed by atoms with Gasteiger partial charge in [-0.15, -0.1) is 0 Å². The van der Waals surface area contributed by atoms with Gasteiger partial charge in [0.1, 0.15) is 11.3 Å². The molecule has 0 spiro atoms. The molecule has 0 aromatic heterocycles. The first-order valence-corrected chi connectivity index (χ1v) is 6.92. The molecular weight excluding hydrogens is 243 g/mol. The van der Waals surface area contributed by atoms with E-state index in [2.05, 4.69) is 0 Å². The monoisotopic (exact) mass is 256 g/mol. The van der Waals surface area contributed by atoms with Gasteiger partial charge in [0.15, 0.2) is 5.85 Å². The highest BCUT2D eigenvalue weighted by Gasteiger charge is 2.43. The molecule has 1 aliphatic rings. The minimum absolute atomic E-state index is 0.277. The summed E-state index contributed by atoms with van der Waals surface area (Å²) in [4.78, 5) is 11.7. The highest BCUT2D eigenvalue weighted by molar-refractivity contribution is 7.55. The first kappa shape index (κ1) is 12.1. The Balaban J connectivity index is 2.33. The van der Waals surface area contributed by atoms with Crippen LogP contribution in [0, 0.1) is 0 Å². The molecule has 1 aromatic rings. The zero-order chi connectivity index (χ0) is 12.5. The Hall–Kier alpha value is -1.32. The Morgan fingerprint density at radius 2 is 2.06 bits per heavy atom. The van der Waals surface area contributed by atoms with Crippen LogP contribution in [0.2, 0.25) is 0 Å². The van der Waals surface area contributed by atoms with Crippen LogP contribution in [-0.4, -0.2) is 18.4 Å². The van der Waals surface area contributed by atoms with Crippen LogP contribution in [-0.2, 0) is 13.8 Å². The van der Waals surface area contributed by atoms with Gasteiger partial charge in [0.2, 0.25) is 0 Å². The number of para-hydroxylation sites is 1. The summed E-state index contributed by atoms with van der Waals surface area (Å²) >= 11 is 0. The van der Waals surface area contributed by atoms with Gasteiger partial charge in [-0.25, -0.2) is 9.36 Å². The Morgan fingerprint density at radius 3 is 2.76 bits per heavy atom. The van der Waals surface area contributed by atoms with E-state index in [4.69, 9.17) is 13.8 Å². The van der Waals surface area contributed by atoms with Gasteiger partial charge >= 0.3 is 13.6 Å². The number of hydrogen-bond donors (Lipinski definition) is 0. The molecule has 0 N–H and O–H groups in total. The zero-order valence-electron chi connectivity index (χ0n) is 9.58. The van der Waals surface area contributed by atoms with Crippen molar-refractivity contribution in [1.29, 1.82) is 0 Å². The Bertz CT molecular complexity index is 485. The van der Waals surface area contributed by atoms with Crippen LogP contribution in [0.25, 0.3) is 0 Å². The highest BCUT2D eigenvalue weighted by atomic mass is 31.2. The maximum absolute atomic E-state index is 12.3. The third kappa shape index (κ3) is 2.21. The molecular formula is C11H13O5P. The summed E-state index contributed by atoms with van der Waals surface area (Å²) in [5.41, 5.74) is 0.280. The number of fused-ring (bicyclic) bond motifs is 1. The topological polar surface area (TPSA) is 61.8 Å². The quantitative estimate of drug-likeness (QED) is 0.778. The maximum atomic E-state index is 12.3. The van der Waals surface area contributed by atoms with Crippen molar-refractivity contribution in [1.82, 2.24) is 0 Å². The summed E-state index contributed by atoms with van der Waals surface area (Å²) in [6, 6.07) is 6.53. The molecule has 6 heteroatoms. The Labute approximate surface area is 99.2 Å². The van der Waals surface area contributed by atoms with E-state index in [9.17, 15) is 9.36 Å². The maximum Gasteiger partial charge on any atom is 0.461 e. The fraction of sp³-hybridized carbons (Fsp3) is 0.364. The molecule has 0 saturated carbocycles. The summed E-state index contributed by atoms with van der Waals surface area (Å²) in [6.07, 6.45) is 0. The van der Waals surface area contributed by atoms with Gasteiger partial charge in [0, 0.05) is 6.61 Å². The minimum Gasteiger partial charge on any atom is -0.413 e. The van der Waals surface area contributed by atoms with Crippen molar-refractivity contribution >= 4 is 13.6 Å². The van der Waals surface area contributed by atoms with Gasteiger partial charge in [-0.1, -0.05) is 12.1 Å². The van der Waals surface area contributed by atoms with E-state index in [0.29, 0.717) is 6.61 Å². The molecule has 1 aliphatic heterocycles. The highest BCUT2D eigenvalue weighted by Crippen LogP contribution is 2.57. The lowest BCUT2D eigenvalue weighted by Gasteiger charge is -2.28. The second kappa shape index (κ2) is 4.51. The number of ether oxygens (including phenoxy) is 1. The van der Waals surface area contributed by atoms with Crippen molar-refractivity contribution in [2.45, 2.75) is 19.7 Å². The first-order valence-electron chi connectivity index (χ1n) is 5.30. The third-order valence-electron chi connectivity index (χ3n) is 2.40. The van der Waals surface area contributed by atoms with Gasteiger partial charge in [0.25, 0.3) is 0 Å². The lowest BCUT2D eigenvalue weighted by Crippen LogP contribution is -2.22. The zero-order valence-corrected chi connectivity index (χ0v) is 10.5. The number of benzene rings is 1. The van der Waals surface area contributed by atoms with Crippen molar-refractivity contribution in [2.24, 2.45) is 0 Å². The van der Waals surface area contributed by atoms with Gasteiger partial charge in [-0.3, -0.25) is 0 Å². The molecule has 17 heavy (non-hydrogen) atoms.